The Morgan fingerprint density at radius 1 is 1.33 bits per heavy atom. The van der Waals surface area contributed by atoms with Gasteiger partial charge in [-0.25, -0.2) is 0 Å². The van der Waals surface area contributed by atoms with E-state index in [1.165, 1.54) is 7.11 Å². The predicted octanol–water partition coefficient (Wildman–Crippen LogP) is 2.35. The van der Waals surface area contributed by atoms with Crippen LogP contribution in [-0.2, 0) is 9.53 Å². The zero-order chi connectivity index (χ0) is 11.1. The van der Waals surface area contributed by atoms with Gasteiger partial charge in [0.2, 0.25) is 0 Å². The number of thioether (sulfide) groups is 1. The van der Waals surface area contributed by atoms with E-state index in [1.54, 1.807) is 18.9 Å². The number of esters is 1. The topological polar surface area (TPSA) is 35.5 Å². The molecular weight excluding hydrogens is 212 g/mol. The minimum atomic E-state index is -0.183. The lowest BCUT2D eigenvalue weighted by atomic mass is 10.3. The molecular formula is C11H14O3S. The van der Waals surface area contributed by atoms with Crippen LogP contribution in [0.15, 0.2) is 29.2 Å². The van der Waals surface area contributed by atoms with Gasteiger partial charge in [-0.05, 0) is 12.1 Å². The summed E-state index contributed by atoms with van der Waals surface area (Å²) in [4.78, 5) is 11.9. The molecule has 1 rings (SSSR count). The number of ether oxygens (including phenoxy) is 2. The first kappa shape index (κ1) is 11.9. The fraction of sp³-hybridized carbons (Fsp3) is 0.364. The van der Waals surface area contributed by atoms with Crippen LogP contribution < -0.4 is 4.74 Å². The minimum absolute atomic E-state index is 0.183. The van der Waals surface area contributed by atoms with E-state index in [4.69, 9.17) is 4.74 Å². The summed E-state index contributed by atoms with van der Waals surface area (Å²) in [5.41, 5.74) is 0. The van der Waals surface area contributed by atoms with Crippen molar-refractivity contribution >= 4 is 17.7 Å². The molecule has 0 saturated heterocycles. The van der Waals surface area contributed by atoms with Crippen molar-refractivity contribution in [2.75, 3.05) is 20.0 Å². The molecule has 0 aromatic heterocycles. The maximum Gasteiger partial charge on any atom is 0.306 e. The maximum atomic E-state index is 10.9. The highest BCUT2D eigenvalue weighted by Gasteiger charge is 2.04. The molecule has 1 aromatic rings. The average molecular weight is 226 g/mol. The molecule has 0 aliphatic carbocycles. The molecule has 0 spiro atoms. The van der Waals surface area contributed by atoms with Crippen molar-refractivity contribution in [3.63, 3.8) is 0 Å². The molecule has 15 heavy (non-hydrogen) atoms. The highest BCUT2D eigenvalue weighted by molar-refractivity contribution is 7.99. The summed E-state index contributed by atoms with van der Waals surface area (Å²) in [5, 5.41) is 0. The Hall–Kier alpha value is -1.16. The molecule has 0 radical (unpaired) electrons. The number of rotatable bonds is 5. The fourth-order valence-electron chi connectivity index (χ4n) is 1.08. The lowest BCUT2D eigenvalue weighted by Gasteiger charge is -2.06. The third kappa shape index (κ3) is 3.83. The number of carbonyl (C=O) groups excluding carboxylic acids is 1. The van der Waals surface area contributed by atoms with Crippen molar-refractivity contribution < 1.29 is 14.3 Å². The van der Waals surface area contributed by atoms with Crippen molar-refractivity contribution in [1.82, 2.24) is 0 Å². The predicted molar refractivity (Wildman–Crippen MR) is 60.4 cm³/mol. The Labute approximate surface area is 93.8 Å². The van der Waals surface area contributed by atoms with E-state index in [0.29, 0.717) is 12.2 Å². The Kier molecular flexibility index (Phi) is 5.04. The van der Waals surface area contributed by atoms with Gasteiger partial charge in [-0.1, -0.05) is 12.1 Å². The standard InChI is InChI=1S/C11H14O3S/c1-13-9-5-3-4-6-10(9)15-8-7-11(12)14-2/h3-6H,7-8H2,1-2H3. The Balaban J connectivity index is 2.46. The number of hydrogen-bond donors (Lipinski definition) is 0. The molecule has 3 nitrogen and oxygen atoms in total. The van der Waals surface area contributed by atoms with E-state index in [0.717, 1.165) is 10.6 Å². The second-order valence-electron chi connectivity index (χ2n) is 2.83. The molecule has 0 aliphatic heterocycles. The van der Waals surface area contributed by atoms with Crippen LogP contribution in [0.2, 0.25) is 0 Å². The minimum Gasteiger partial charge on any atom is -0.496 e. The van der Waals surface area contributed by atoms with Gasteiger partial charge in [-0.2, -0.15) is 0 Å². The van der Waals surface area contributed by atoms with Crippen molar-refractivity contribution in [3.8, 4) is 5.75 Å². The Morgan fingerprint density at radius 3 is 2.73 bits per heavy atom. The van der Waals surface area contributed by atoms with Gasteiger partial charge in [-0.3, -0.25) is 4.79 Å². The van der Waals surface area contributed by atoms with Gasteiger partial charge in [0.15, 0.2) is 0 Å². The quantitative estimate of drug-likeness (QED) is 0.570. The molecule has 0 N–H and O–H groups in total. The summed E-state index contributed by atoms with van der Waals surface area (Å²) in [6, 6.07) is 7.74. The van der Waals surface area contributed by atoms with Gasteiger partial charge in [0.25, 0.3) is 0 Å². The number of methoxy groups -OCH3 is 2. The van der Waals surface area contributed by atoms with E-state index in [1.807, 2.05) is 24.3 Å². The first-order valence-corrected chi connectivity index (χ1v) is 5.59. The average Bonchev–Trinajstić information content (AvgIpc) is 2.29. The molecule has 0 aliphatic rings. The second kappa shape index (κ2) is 6.35. The maximum absolute atomic E-state index is 10.9. The number of para-hydroxylation sites is 1. The summed E-state index contributed by atoms with van der Waals surface area (Å²) in [7, 11) is 3.04. The molecule has 0 fully saturated rings. The molecule has 0 atom stereocenters. The van der Waals surface area contributed by atoms with E-state index in [9.17, 15) is 4.79 Å². The molecule has 4 heteroatoms. The zero-order valence-corrected chi connectivity index (χ0v) is 9.67. The number of benzene rings is 1. The number of carbonyl (C=O) groups is 1. The van der Waals surface area contributed by atoms with E-state index >= 15 is 0 Å². The Bertz CT molecular complexity index is 325. The second-order valence-corrected chi connectivity index (χ2v) is 3.96. The van der Waals surface area contributed by atoms with Crippen LogP contribution in [0.5, 0.6) is 5.75 Å². The fourth-order valence-corrected chi connectivity index (χ4v) is 2.04. The van der Waals surface area contributed by atoms with Crippen molar-refractivity contribution in [2.45, 2.75) is 11.3 Å². The first-order chi connectivity index (χ1) is 7.27. The molecule has 0 unspecified atom stereocenters. The largest absolute Gasteiger partial charge is 0.496 e. The highest BCUT2D eigenvalue weighted by atomic mass is 32.2. The van der Waals surface area contributed by atoms with Crippen LogP contribution in [0.25, 0.3) is 0 Å². The SMILES string of the molecule is COC(=O)CCSc1ccccc1OC. The highest BCUT2D eigenvalue weighted by Crippen LogP contribution is 2.28. The van der Waals surface area contributed by atoms with Crippen LogP contribution in [0.1, 0.15) is 6.42 Å². The molecule has 0 saturated carbocycles. The smallest absolute Gasteiger partial charge is 0.306 e. The first-order valence-electron chi connectivity index (χ1n) is 4.60. The Morgan fingerprint density at radius 2 is 2.07 bits per heavy atom. The van der Waals surface area contributed by atoms with Crippen molar-refractivity contribution in [3.05, 3.63) is 24.3 Å². The summed E-state index contributed by atoms with van der Waals surface area (Å²) < 4.78 is 9.75. The monoisotopic (exact) mass is 226 g/mol. The third-order valence-corrected chi connectivity index (χ3v) is 2.92. The van der Waals surface area contributed by atoms with Crippen molar-refractivity contribution in [1.29, 1.82) is 0 Å². The van der Waals surface area contributed by atoms with E-state index in [2.05, 4.69) is 4.74 Å². The summed E-state index contributed by atoms with van der Waals surface area (Å²) in [6.07, 6.45) is 0.416. The molecule has 0 bridgehead atoms. The van der Waals surface area contributed by atoms with Gasteiger partial charge in [0, 0.05) is 10.6 Å². The lowest BCUT2D eigenvalue weighted by molar-refractivity contribution is -0.140. The van der Waals surface area contributed by atoms with Gasteiger partial charge < -0.3 is 9.47 Å². The molecule has 1 aromatic carbocycles. The van der Waals surface area contributed by atoms with Crippen LogP contribution in [0.3, 0.4) is 0 Å². The third-order valence-electron chi connectivity index (χ3n) is 1.86. The molecule has 82 valence electrons. The van der Waals surface area contributed by atoms with Crippen LogP contribution in [0, 0.1) is 0 Å². The van der Waals surface area contributed by atoms with Crippen LogP contribution >= 0.6 is 11.8 Å². The molecule has 0 heterocycles. The zero-order valence-electron chi connectivity index (χ0n) is 8.86. The van der Waals surface area contributed by atoms with Gasteiger partial charge in [0.05, 0.1) is 20.6 Å². The van der Waals surface area contributed by atoms with Crippen LogP contribution in [-0.4, -0.2) is 25.9 Å². The van der Waals surface area contributed by atoms with E-state index < -0.39 is 0 Å². The van der Waals surface area contributed by atoms with Crippen molar-refractivity contribution in [2.24, 2.45) is 0 Å². The summed E-state index contributed by atoms with van der Waals surface area (Å²) >= 11 is 1.59. The van der Waals surface area contributed by atoms with Gasteiger partial charge in [0.1, 0.15) is 5.75 Å². The summed E-state index contributed by atoms with van der Waals surface area (Å²) in [5.74, 6) is 1.36. The normalized spacial score (nSPS) is 9.73. The number of hydrogen-bond acceptors (Lipinski definition) is 4. The van der Waals surface area contributed by atoms with Crippen LogP contribution in [0.4, 0.5) is 0 Å². The van der Waals surface area contributed by atoms with E-state index in [-0.39, 0.29) is 5.97 Å². The molecule has 0 amide bonds. The van der Waals surface area contributed by atoms with Gasteiger partial charge in [-0.15, -0.1) is 11.8 Å². The van der Waals surface area contributed by atoms with Gasteiger partial charge >= 0.3 is 5.97 Å². The lowest BCUT2D eigenvalue weighted by Crippen LogP contribution is -2.01. The summed E-state index contributed by atoms with van der Waals surface area (Å²) in [6.45, 7) is 0.